The lowest BCUT2D eigenvalue weighted by Gasteiger charge is -2.21. The Balaban J connectivity index is 2.57. The van der Waals surface area contributed by atoms with Crippen LogP contribution in [0.2, 0.25) is 0 Å². The molecule has 0 saturated carbocycles. The van der Waals surface area contributed by atoms with Crippen molar-refractivity contribution in [3.05, 3.63) is 12.3 Å². The van der Waals surface area contributed by atoms with E-state index >= 15 is 0 Å². The Morgan fingerprint density at radius 1 is 1.60 bits per heavy atom. The van der Waals surface area contributed by atoms with Crippen molar-refractivity contribution in [3.8, 4) is 5.88 Å². The van der Waals surface area contributed by atoms with Crippen LogP contribution in [0.5, 0.6) is 5.88 Å². The van der Waals surface area contributed by atoms with Gasteiger partial charge in [0.05, 0.1) is 12.7 Å². The number of aromatic nitrogens is 2. The van der Waals surface area contributed by atoms with Crippen molar-refractivity contribution in [2.75, 3.05) is 19.0 Å². The molecule has 2 N–H and O–H groups in total. The Hall–Kier alpha value is -1.36. The number of aliphatic hydroxyl groups is 1. The second-order valence-corrected chi connectivity index (χ2v) is 3.63. The molecule has 0 aliphatic heterocycles. The van der Waals surface area contributed by atoms with Gasteiger partial charge in [-0.1, -0.05) is 6.92 Å². The largest absolute Gasteiger partial charge is 0.481 e. The monoisotopic (exact) mass is 211 g/mol. The highest BCUT2D eigenvalue weighted by Crippen LogP contribution is 2.11. The summed E-state index contributed by atoms with van der Waals surface area (Å²) < 4.78 is 4.96. The van der Waals surface area contributed by atoms with Crippen LogP contribution in [0.1, 0.15) is 20.3 Å². The second kappa shape index (κ2) is 4.93. The molecule has 1 heterocycles. The average Bonchev–Trinajstić information content (AvgIpc) is 2.27. The molecule has 1 aromatic heterocycles. The summed E-state index contributed by atoms with van der Waals surface area (Å²) in [6, 6.07) is 1.67. The molecule has 0 aliphatic rings. The van der Waals surface area contributed by atoms with Gasteiger partial charge in [-0.3, -0.25) is 0 Å². The summed E-state index contributed by atoms with van der Waals surface area (Å²) in [5.74, 6) is 0.965. The van der Waals surface area contributed by atoms with E-state index in [0.29, 0.717) is 24.8 Å². The molecule has 0 aliphatic carbocycles. The minimum atomic E-state index is -0.744. The number of nitrogens with one attached hydrogen (secondary N) is 1. The molecule has 1 rings (SSSR count). The topological polar surface area (TPSA) is 67.3 Å². The molecule has 1 unspecified atom stereocenters. The molecule has 0 amide bonds. The third kappa shape index (κ3) is 3.71. The SMILES string of the molecule is CCC(C)(O)CNc1nccc(OC)n1. The Morgan fingerprint density at radius 3 is 2.93 bits per heavy atom. The maximum atomic E-state index is 9.76. The van der Waals surface area contributed by atoms with Crippen LogP contribution >= 0.6 is 0 Å². The summed E-state index contributed by atoms with van der Waals surface area (Å²) in [6.07, 6.45) is 2.28. The lowest BCUT2D eigenvalue weighted by atomic mass is 10.0. The first kappa shape index (κ1) is 11.7. The maximum absolute atomic E-state index is 9.76. The van der Waals surface area contributed by atoms with Gasteiger partial charge in [0.1, 0.15) is 0 Å². The summed E-state index contributed by atoms with van der Waals surface area (Å²) in [4.78, 5) is 8.08. The molecule has 0 fully saturated rings. The van der Waals surface area contributed by atoms with E-state index in [-0.39, 0.29) is 0 Å². The Bertz CT molecular complexity index is 315. The molecule has 5 heteroatoms. The Morgan fingerprint density at radius 2 is 2.33 bits per heavy atom. The summed E-state index contributed by atoms with van der Waals surface area (Å²) in [7, 11) is 1.55. The van der Waals surface area contributed by atoms with E-state index < -0.39 is 5.60 Å². The molecule has 0 aromatic carbocycles. The zero-order valence-electron chi connectivity index (χ0n) is 9.32. The van der Waals surface area contributed by atoms with Gasteiger partial charge >= 0.3 is 0 Å². The van der Waals surface area contributed by atoms with Gasteiger partial charge in [0.15, 0.2) is 0 Å². The van der Waals surface area contributed by atoms with Crippen LogP contribution in [0, 0.1) is 0 Å². The van der Waals surface area contributed by atoms with Crippen molar-refractivity contribution in [3.63, 3.8) is 0 Å². The highest BCUT2D eigenvalue weighted by Gasteiger charge is 2.17. The van der Waals surface area contributed by atoms with Crippen molar-refractivity contribution in [2.24, 2.45) is 0 Å². The zero-order chi connectivity index (χ0) is 11.3. The first-order chi connectivity index (χ1) is 7.07. The Kier molecular flexibility index (Phi) is 3.85. The van der Waals surface area contributed by atoms with Gasteiger partial charge in [-0.2, -0.15) is 4.98 Å². The smallest absolute Gasteiger partial charge is 0.226 e. The van der Waals surface area contributed by atoms with Crippen molar-refractivity contribution >= 4 is 5.95 Å². The van der Waals surface area contributed by atoms with Crippen molar-refractivity contribution < 1.29 is 9.84 Å². The van der Waals surface area contributed by atoms with E-state index in [1.807, 2.05) is 6.92 Å². The maximum Gasteiger partial charge on any atom is 0.226 e. The van der Waals surface area contributed by atoms with Gasteiger partial charge < -0.3 is 15.2 Å². The van der Waals surface area contributed by atoms with E-state index in [9.17, 15) is 5.11 Å². The highest BCUT2D eigenvalue weighted by molar-refractivity contribution is 5.27. The molecule has 84 valence electrons. The van der Waals surface area contributed by atoms with Crippen LogP contribution < -0.4 is 10.1 Å². The zero-order valence-corrected chi connectivity index (χ0v) is 9.32. The average molecular weight is 211 g/mol. The highest BCUT2D eigenvalue weighted by atomic mass is 16.5. The number of nitrogens with zero attached hydrogens (tertiary/aromatic N) is 2. The van der Waals surface area contributed by atoms with E-state index in [4.69, 9.17) is 4.74 Å². The van der Waals surface area contributed by atoms with Crippen LogP contribution in [0.25, 0.3) is 0 Å². The van der Waals surface area contributed by atoms with Gasteiger partial charge in [0.25, 0.3) is 0 Å². The van der Waals surface area contributed by atoms with Crippen LogP contribution in [-0.2, 0) is 0 Å². The number of methoxy groups -OCH3 is 1. The van der Waals surface area contributed by atoms with Gasteiger partial charge in [0, 0.05) is 18.8 Å². The summed E-state index contributed by atoms with van der Waals surface area (Å²) in [5, 5.41) is 12.7. The molecule has 0 spiro atoms. The van der Waals surface area contributed by atoms with E-state index in [1.165, 1.54) is 0 Å². The lowest BCUT2D eigenvalue weighted by Crippen LogP contribution is -2.32. The normalized spacial score (nSPS) is 14.4. The van der Waals surface area contributed by atoms with Gasteiger partial charge in [-0.25, -0.2) is 4.98 Å². The third-order valence-electron chi connectivity index (χ3n) is 2.23. The second-order valence-electron chi connectivity index (χ2n) is 3.63. The van der Waals surface area contributed by atoms with Gasteiger partial charge in [0.2, 0.25) is 11.8 Å². The molecular formula is C10H17N3O2. The van der Waals surface area contributed by atoms with Crippen molar-refractivity contribution in [2.45, 2.75) is 25.9 Å². The molecule has 1 atom stereocenters. The van der Waals surface area contributed by atoms with Crippen LogP contribution in [0.3, 0.4) is 0 Å². The van der Waals surface area contributed by atoms with Crippen LogP contribution in [0.15, 0.2) is 12.3 Å². The summed E-state index contributed by atoms with van der Waals surface area (Å²) >= 11 is 0. The minimum absolute atomic E-state index is 0.413. The molecule has 0 saturated heterocycles. The van der Waals surface area contributed by atoms with E-state index in [2.05, 4.69) is 15.3 Å². The molecular weight excluding hydrogens is 194 g/mol. The van der Waals surface area contributed by atoms with Crippen molar-refractivity contribution in [1.82, 2.24) is 9.97 Å². The van der Waals surface area contributed by atoms with Gasteiger partial charge in [-0.15, -0.1) is 0 Å². The number of hydrogen-bond donors (Lipinski definition) is 2. The number of anilines is 1. The van der Waals surface area contributed by atoms with E-state index in [1.54, 1.807) is 26.3 Å². The number of hydrogen-bond acceptors (Lipinski definition) is 5. The minimum Gasteiger partial charge on any atom is -0.481 e. The first-order valence-electron chi connectivity index (χ1n) is 4.90. The molecule has 0 bridgehead atoms. The summed E-state index contributed by atoms with van der Waals surface area (Å²) in [6.45, 7) is 4.10. The standard InChI is InChI=1S/C10H17N3O2/c1-4-10(2,14)7-12-9-11-6-5-8(13-9)15-3/h5-6,14H,4,7H2,1-3H3,(H,11,12,13). The number of rotatable bonds is 5. The first-order valence-corrected chi connectivity index (χ1v) is 4.90. The van der Waals surface area contributed by atoms with Crippen LogP contribution in [0.4, 0.5) is 5.95 Å². The number of ether oxygens (including phenoxy) is 1. The van der Waals surface area contributed by atoms with E-state index in [0.717, 1.165) is 0 Å². The fourth-order valence-corrected chi connectivity index (χ4v) is 0.935. The lowest BCUT2D eigenvalue weighted by molar-refractivity contribution is 0.0695. The van der Waals surface area contributed by atoms with Gasteiger partial charge in [-0.05, 0) is 13.3 Å². The molecule has 15 heavy (non-hydrogen) atoms. The predicted molar refractivity (Wildman–Crippen MR) is 58.0 cm³/mol. The molecule has 0 radical (unpaired) electrons. The molecule has 1 aromatic rings. The van der Waals surface area contributed by atoms with Crippen molar-refractivity contribution in [1.29, 1.82) is 0 Å². The summed E-state index contributed by atoms with van der Waals surface area (Å²) in [5.41, 5.74) is -0.744. The fraction of sp³-hybridized carbons (Fsp3) is 0.600. The quantitative estimate of drug-likeness (QED) is 0.762. The third-order valence-corrected chi connectivity index (χ3v) is 2.23. The molecule has 5 nitrogen and oxygen atoms in total. The fourth-order valence-electron chi connectivity index (χ4n) is 0.935. The van der Waals surface area contributed by atoms with Crippen LogP contribution in [-0.4, -0.2) is 34.3 Å². The predicted octanol–water partition coefficient (Wildman–Crippen LogP) is 1.06. The Labute approximate surface area is 89.5 Å².